The average molecular weight is 258 g/mol. The number of imidazole rings is 1. The van der Waals surface area contributed by atoms with Gasteiger partial charge in [0, 0.05) is 12.4 Å². The average Bonchev–Trinajstić information content (AvgIpc) is 3.09. The molecule has 0 amide bonds. The Morgan fingerprint density at radius 1 is 1.37 bits per heavy atom. The number of nitrogen functional groups attached to an aromatic ring is 1. The van der Waals surface area contributed by atoms with E-state index in [1.807, 2.05) is 6.07 Å². The number of H-pyrrole nitrogens is 1. The van der Waals surface area contributed by atoms with Gasteiger partial charge in [-0.05, 0) is 28.9 Å². The molecule has 0 radical (unpaired) electrons. The van der Waals surface area contributed by atoms with E-state index in [1.54, 1.807) is 18.5 Å². The van der Waals surface area contributed by atoms with Gasteiger partial charge in [0.05, 0.1) is 17.4 Å². The standard InChI is InChI=1S/C12H14N6O/c1-2-8(12-14-5-6-15-12)16-9-4-3-7(13)10-11(9)18-19-17-10/h3-6,8,16H,2,13H2,1H3,(H,14,15). The number of aromatic nitrogens is 4. The number of fused-ring (bicyclic) bond motifs is 1. The molecule has 7 nitrogen and oxygen atoms in total. The molecule has 3 rings (SSSR count). The summed E-state index contributed by atoms with van der Waals surface area (Å²) >= 11 is 0. The van der Waals surface area contributed by atoms with Crippen LogP contribution in [-0.2, 0) is 0 Å². The highest BCUT2D eigenvalue weighted by Gasteiger charge is 2.15. The molecule has 0 spiro atoms. The third kappa shape index (κ3) is 1.99. The molecule has 0 fully saturated rings. The minimum absolute atomic E-state index is 0.0681. The van der Waals surface area contributed by atoms with Crippen molar-refractivity contribution in [2.45, 2.75) is 19.4 Å². The van der Waals surface area contributed by atoms with Crippen molar-refractivity contribution < 1.29 is 4.63 Å². The molecule has 4 N–H and O–H groups in total. The van der Waals surface area contributed by atoms with Crippen LogP contribution in [0.1, 0.15) is 25.2 Å². The highest BCUT2D eigenvalue weighted by Crippen LogP contribution is 2.28. The van der Waals surface area contributed by atoms with E-state index in [0.717, 1.165) is 17.9 Å². The van der Waals surface area contributed by atoms with Gasteiger partial charge < -0.3 is 16.0 Å². The van der Waals surface area contributed by atoms with E-state index >= 15 is 0 Å². The summed E-state index contributed by atoms with van der Waals surface area (Å²) in [4.78, 5) is 7.37. The van der Waals surface area contributed by atoms with Gasteiger partial charge in [-0.2, -0.15) is 0 Å². The molecule has 1 aromatic carbocycles. The van der Waals surface area contributed by atoms with E-state index in [4.69, 9.17) is 10.4 Å². The number of nitrogens with one attached hydrogen (secondary N) is 2. The smallest absolute Gasteiger partial charge is 0.160 e. The second kappa shape index (κ2) is 4.60. The second-order valence-corrected chi connectivity index (χ2v) is 4.24. The molecule has 7 heteroatoms. The summed E-state index contributed by atoms with van der Waals surface area (Å²) in [6.45, 7) is 2.08. The number of benzene rings is 1. The van der Waals surface area contributed by atoms with Crippen molar-refractivity contribution in [3.63, 3.8) is 0 Å². The van der Waals surface area contributed by atoms with Gasteiger partial charge >= 0.3 is 0 Å². The summed E-state index contributed by atoms with van der Waals surface area (Å²) in [6, 6.07) is 3.72. The molecule has 0 bridgehead atoms. The largest absolute Gasteiger partial charge is 0.397 e. The molecule has 0 aliphatic carbocycles. The van der Waals surface area contributed by atoms with Crippen LogP contribution < -0.4 is 11.1 Å². The van der Waals surface area contributed by atoms with Gasteiger partial charge in [-0.15, -0.1) is 0 Å². The van der Waals surface area contributed by atoms with Gasteiger partial charge in [0.1, 0.15) is 5.82 Å². The van der Waals surface area contributed by atoms with Crippen LogP contribution in [0.3, 0.4) is 0 Å². The molecule has 19 heavy (non-hydrogen) atoms. The number of aromatic amines is 1. The Morgan fingerprint density at radius 3 is 2.95 bits per heavy atom. The number of hydrogen-bond donors (Lipinski definition) is 3. The first kappa shape index (κ1) is 11.5. The Bertz CT molecular complexity index is 675. The molecule has 1 unspecified atom stereocenters. The fourth-order valence-electron chi connectivity index (χ4n) is 2.02. The zero-order valence-electron chi connectivity index (χ0n) is 10.4. The van der Waals surface area contributed by atoms with Crippen LogP contribution in [0, 0.1) is 0 Å². The number of nitrogens with zero attached hydrogens (tertiary/aromatic N) is 3. The first-order valence-electron chi connectivity index (χ1n) is 6.06. The van der Waals surface area contributed by atoms with Crippen LogP contribution in [0.25, 0.3) is 11.0 Å². The quantitative estimate of drug-likeness (QED) is 0.619. The van der Waals surface area contributed by atoms with Gasteiger partial charge in [0.2, 0.25) is 0 Å². The first-order valence-corrected chi connectivity index (χ1v) is 6.06. The third-order valence-corrected chi connectivity index (χ3v) is 3.03. The lowest BCUT2D eigenvalue weighted by Crippen LogP contribution is -2.11. The van der Waals surface area contributed by atoms with Crippen molar-refractivity contribution in [1.82, 2.24) is 20.3 Å². The Balaban J connectivity index is 1.97. The van der Waals surface area contributed by atoms with E-state index in [2.05, 4.69) is 32.5 Å². The van der Waals surface area contributed by atoms with Crippen molar-refractivity contribution in [1.29, 1.82) is 0 Å². The molecule has 98 valence electrons. The summed E-state index contributed by atoms with van der Waals surface area (Å²) in [7, 11) is 0. The number of nitrogens with two attached hydrogens (primary N) is 1. The summed E-state index contributed by atoms with van der Waals surface area (Å²) in [5.74, 6) is 0.879. The zero-order chi connectivity index (χ0) is 13.2. The van der Waals surface area contributed by atoms with Crippen molar-refractivity contribution in [3.05, 3.63) is 30.4 Å². The van der Waals surface area contributed by atoms with E-state index < -0.39 is 0 Å². The molecule has 2 aromatic heterocycles. The van der Waals surface area contributed by atoms with Crippen LogP contribution >= 0.6 is 0 Å². The van der Waals surface area contributed by atoms with Gasteiger partial charge in [0.15, 0.2) is 11.0 Å². The molecule has 0 aliphatic rings. The molecule has 2 heterocycles. The molecule has 0 saturated heterocycles. The van der Waals surface area contributed by atoms with Gasteiger partial charge in [-0.25, -0.2) is 9.61 Å². The predicted octanol–water partition coefficient (Wildman–Crippen LogP) is 2.09. The van der Waals surface area contributed by atoms with Crippen molar-refractivity contribution >= 4 is 22.4 Å². The van der Waals surface area contributed by atoms with E-state index in [1.165, 1.54) is 0 Å². The first-order chi connectivity index (χ1) is 9.29. The molecule has 1 atom stereocenters. The van der Waals surface area contributed by atoms with Crippen LogP contribution in [0.2, 0.25) is 0 Å². The molecule has 0 saturated carbocycles. The van der Waals surface area contributed by atoms with Crippen molar-refractivity contribution in [3.8, 4) is 0 Å². The van der Waals surface area contributed by atoms with E-state index in [-0.39, 0.29) is 6.04 Å². The number of rotatable bonds is 4. The van der Waals surface area contributed by atoms with Gasteiger partial charge in [0.25, 0.3) is 0 Å². The monoisotopic (exact) mass is 258 g/mol. The summed E-state index contributed by atoms with van der Waals surface area (Å²) in [5, 5.41) is 11.1. The van der Waals surface area contributed by atoms with Gasteiger partial charge in [-0.1, -0.05) is 6.92 Å². The summed E-state index contributed by atoms with van der Waals surface area (Å²) < 4.78 is 4.75. The predicted molar refractivity (Wildman–Crippen MR) is 71.5 cm³/mol. The normalized spacial score (nSPS) is 12.7. The second-order valence-electron chi connectivity index (χ2n) is 4.24. The number of hydrogen-bond acceptors (Lipinski definition) is 6. The summed E-state index contributed by atoms with van der Waals surface area (Å²) in [5.41, 5.74) is 8.39. The third-order valence-electron chi connectivity index (χ3n) is 3.03. The number of anilines is 2. The Morgan fingerprint density at radius 2 is 2.21 bits per heavy atom. The molecule has 3 aromatic rings. The van der Waals surface area contributed by atoms with Crippen molar-refractivity contribution in [2.24, 2.45) is 0 Å². The molecule has 0 aliphatic heterocycles. The van der Waals surface area contributed by atoms with E-state index in [9.17, 15) is 0 Å². The maximum Gasteiger partial charge on any atom is 0.160 e. The Hall–Kier alpha value is -2.57. The van der Waals surface area contributed by atoms with Crippen LogP contribution in [-0.4, -0.2) is 20.3 Å². The lowest BCUT2D eigenvalue weighted by atomic mass is 10.1. The molecular formula is C12H14N6O. The zero-order valence-corrected chi connectivity index (χ0v) is 10.4. The highest BCUT2D eigenvalue weighted by atomic mass is 16.6. The fourth-order valence-corrected chi connectivity index (χ4v) is 2.02. The minimum Gasteiger partial charge on any atom is -0.397 e. The van der Waals surface area contributed by atoms with E-state index in [0.29, 0.717) is 16.7 Å². The van der Waals surface area contributed by atoms with Crippen LogP contribution in [0.4, 0.5) is 11.4 Å². The summed E-state index contributed by atoms with van der Waals surface area (Å²) in [6.07, 6.45) is 4.41. The molecular weight excluding hydrogens is 244 g/mol. The minimum atomic E-state index is 0.0681. The Labute approximate surface area is 109 Å². The topological polar surface area (TPSA) is 106 Å². The van der Waals surface area contributed by atoms with Crippen LogP contribution in [0.15, 0.2) is 29.2 Å². The van der Waals surface area contributed by atoms with Crippen LogP contribution in [0.5, 0.6) is 0 Å². The van der Waals surface area contributed by atoms with Gasteiger partial charge in [-0.3, -0.25) is 0 Å². The lowest BCUT2D eigenvalue weighted by Gasteiger charge is -2.16. The van der Waals surface area contributed by atoms with Crippen molar-refractivity contribution in [2.75, 3.05) is 11.1 Å². The SMILES string of the molecule is CCC(Nc1ccc(N)c2nonc12)c1ncc[nH]1. The fraction of sp³-hybridized carbons (Fsp3) is 0.250. The maximum atomic E-state index is 5.82. The Kier molecular flexibility index (Phi) is 2.79. The lowest BCUT2D eigenvalue weighted by molar-refractivity contribution is 0.315. The maximum absolute atomic E-state index is 5.82. The highest BCUT2D eigenvalue weighted by molar-refractivity contribution is 5.95.